The van der Waals surface area contributed by atoms with Crippen molar-refractivity contribution in [2.45, 2.75) is 88.6 Å². The number of carbonyl (C=O) groups is 3. The fourth-order valence-corrected chi connectivity index (χ4v) is 8.33. The smallest absolute Gasteiger partial charge is 0.350 e. The van der Waals surface area contributed by atoms with Crippen LogP contribution in [-0.4, -0.2) is 89.6 Å². The fraction of sp³-hybridized carbons (Fsp3) is 0.512. The number of likely N-dealkylation sites (N-methyl/N-ethyl adjacent to an activating group) is 1. The Kier molecular flexibility index (Phi) is 11.9. The molecular weight excluding hydrogens is 660 g/mol. The first-order valence-electron chi connectivity index (χ1n) is 18.7. The van der Waals surface area contributed by atoms with Gasteiger partial charge in [-0.3, -0.25) is 9.59 Å². The molecule has 0 amide bonds. The molecule has 1 saturated heterocycles. The van der Waals surface area contributed by atoms with Crippen molar-refractivity contribution in [3.63, 3.8) is 0 Å². The Balaban J connectivity index is 1.30. The number of hydrogen-bond donors (Lipinski definition) is 5. The standard InChI is InChI=1S/C41H52N4O7/c1-4-43-34-22-29-11-6-5-10-28(29)21-33(34)35(14-9-19-46)51-39(50)41-38(49)32-13-8-7-12-31(32)37(48)40(41,52-41)23-30(24-47)26(2)15-16-27-17-18-44-36(20-27)45-25-42-3/h6-8,11-13,17-18,20,22,28,33-35,42-43,46-47H,4-5,9-10,14-16,19,21,23-25H2,1-3H3,(H,44,45). The van der Waals surface area contributed by atoms with Gasteiger partial charge in [0.15, 0.2) is 11.4 Å². The maximum absolute atomic E-state index is 14.6. The van der Waals surface area contributed by atoms with Gasteiger partial charge < -0.3 is 35.6 Å². The quantitative estimate of drug-likeness (QED) is 0.0518. The third-order valence-electron chi connectivity index (χ3n) is 11.2. The summed E-state index contributed by atoms with van der Waals surface area (Å²) in [5, 5.41) is 30.3. The predicted molar refractivity (Wildman–Crippen MR) is 198 cm³/mol. The molecule has 6 atom stereocenters. The topological polar surface area (TPSA) is 162 Å². The number of nitrogens with zero attached hydrogens (tertiary/aromatic N) is 1. The Morgan fingerprint density at radius 3 is 2.67 bits per heavy atom. The highest BCUT2D eigenvalue weighted by molar-refractivity contribution is 6.33. The number of allylic oxidation sites excluding steroid dienone is 4. The number of pyridine rings is 1. The van der Waals surface area contributed by atoms with Crippen molar-refractivity contribution in [3.05, 3.63) is 94.2 Å². The molecule has 11 nitrogen and oxygen atoms in total. The number of epoxide rings is 1. The molecule has 0 radical (unpaired) electrons. The number of esters is 1. The van der Waals surface area contributed by atoms with Crippen LogP contribution in [-0.2, 0) is 20.7 Å². The zero-order valence-electron chi connectivity index (χ0n) is 30.5. The first-order valence-corrected chi connectivity index (χ1v) is 18.7. The number of rotatable bonds is 17. The maximum Gasteiger partial charge on any atom is 0.350 e. The number of ketones is 2. The summed E-state index contributed by atoms with van der Waals surface area (Å²) in [7, 11) is 1.84. The first kappa shape index (κ1) is 37.7. The van der Waals surface area contributed by atoms with Gasteiger partial charge in [0.25, 0.3) is 5.60 Å². The SMILES string of the molecule is CCNC1C=C2C=CCCC2CC1C(CCCO)OC(=O)C12OC1(CC(CO)=C(C)CCc1ccnc(NCNC)c1)C(=O)c1ccccc1C2=O. The summed E-state index contributed by atoms with van der Waals surface area (Å²) >= 11 is 0. The lowest BCUT2D eigenvalue weighted by Crippen LogP contribution is -2.53. The Morgan fingerprint density at radius 1 is 1.15 bits per heavy atom. The lowest BCUT2D eigenvalue weighted by molar-refractivity contribution is -0.158. The molecule has 1 aromatic carbocycles. The second kappa shape index (κ2) is 16.3. The van der Waals surface area contributed by atoms with Gasteiger partial charge in [0.05, 0.1) is 13.3 Å². The van der Waals surface area contributed by atoms with Crippen LogP contribution in [0.3, 0.4) is 0 Å². The maximum atomic E-state index is 14.6. The summed E-state index contributed by atoms with van der Waals surface area (Å²) in [5.41, 5.74) is 0.0103. The minimum absolute atomic E-state index is 0.0759. The van der Waals surface area contributed by atoms with Gasteiger partial charge in [0.2, 0.25) is 5.78 Å². The molecule has 3 aliphatic carbocycles. The molecule has 52 heavy (non-hydrogen) atoms. The third-order valence-corrected chi connectivity index (χ3v) is 11.2. The summed E-state index contributed by atoms with van der Waals surface area (Å²) in [6.07, 6.45) is 12.4. The third kappa shape index (κ3) is 7.17. The van der Waals surface area contributed by atoms with Crippen LogP contribution in [0.15, 0.2) is 77.5 Å². The van der Waals surface area contributed by atoms with E-state index in [-0.39, 0.29) is 42.7 Å². The summed E-state index contributed by atoms with van der Waals surface area (Å²) in [6.45, 7) is 4.77. The van der Waals surface area contributed by atoms with Crippen molar-refractivity contribution in [2.75, 3.05) is 38.8 Å². The molecule has 11 heteroatoms. The van der Waals surface area contributed by atoms with Crippen LogP contribution in [0, 0.1) is 11.8 Å². The highest BCUT2D eigenvalue weighted by Gasteiger charge is 2.85. The van der Waals surface area contributed by atoms with Crippen LogP contribution in [0.1, 0.15) is 85.1 Å². The largest absolute Gasteiger partial charge is 0.459 e. The molecule has 0 saturated carbocycles. The zero-order valence-corrected chi connectivity index (χ0v) is 30.5. The van der Waals surface area contributed by atoms with Crippen molar-refractivity contribution in [1.29, 1.82) is 0 Å². The zero-order chi connectivity index (χ0) is 36.9. The normalized spacial score (nSPS) is 27.1. The lowest BCUT2D eigenvalue weighted by atomic mass is 9.70. The molecule has 1 aliphatic heterocycles. The summed E-state index contributed by atoms with van der Waals surface area (Å²) in [5.74, 6) is -1.01. The number of aryl methyl sites for hydroxylation is 1. The molecule has 6 rings (SSSR count). The molecule has 5 N–H and O–H groups in total. The van der Waals surface area contributed by atoms with E-state index in [1.54, 1.807) is 30.5 Å². The number of nitrogens with one attached hydrogen (secondary N) is 3. The highest BCUT2D eigenvalue weighted by atomic mass is 16.7. The molecule has 4 aliphatic rings. The van der Waals surface area contributed by atoms with Crippen LogP contribution in [0.4, 0.5) is 5.82 Å². The van der Waals surface area contributed by atoms with Crippen molar-refractivity contribution in [3.8, 4) is 0 Å². The number of aromatic nitrogens is 1. The second-order valence-electron chi connectivity index (χ2n) is 14.4. The molecule has 0 spiro atoms. The van der Waals surface area contributed by atoms with Crippen molar-refractivity contribution >= 4 is 23.4 Å². The summed E-state index contributed by atoms with van der Waals surface area (Å²) in [6, 6.07) is 10.3. The molecule has 2 heterocycles. The van der Waals surface area contributed by atoms with E-state index in [0.717, 1.165) is 36.2 Å². The van der Waals surface area contributed by atoms with E-state index in [2.05, 4.69) is 39.2 Å². The monoisotopic (exact) mass is 712 g/mol. The van der Waals surface area contributed by atoms with E-state index in [4.69, 9.17) is 9.47 Å². The Morgan fingerprint density at radius 2 is 1.94 bits per heavy atom. The van der Waals surface area contributed by atoms with Crippen LogP contribution in [0.25, 0.3) is 0 Å². The second-order valence-corrected chi connectivity index (χ2v) is 14.4. The van der Waals surface area contributed by atoms with Gasteiger partial charge in [-0.25, -0.2) is 9.78 Å². The van der Waals surface area contributed by atoms with Gasteiger partial charge >= 0.3 is 5.97 Å². The minimum atomic E-state index is -2.17. The number of ether oxygens (including phenoxy) is 2. The number of fused-ring (bicyclic) bond motifs is 3. The van der Waals surface area contributed by atoms with Gasteiger partial charge in [-0.1, -0.05) is 55.0 Å². The molecule has 278 valence electrons. The van der Waals surface area contributed by atoms with Crippen LogP contribution in [0.2, 0.25) is 0 Å². The van der Waals surface area contributed by atoms with Crippen LogP contribution < -0.4 is 16.0 Å². The van der Waals surface area contributed by atoms with E-state index >= 15 is 0 Å². The Hall–Kier alpha value is -4.00. The average Bonchev–Trinajstić information content (AvgIpc) is 3.87. The molecule has 1 aromatic heterocycles. The van der Waals surface area contributed by atoms with Crippen molar-refractivity contribution in [2.24, 2.45) is 11.8 Å². The number of hydrogen-bond acceptors (Lipinski definition) is 11. The van der Waals surface area contributed by atoms with E-state index < -0.39 is 34.8 Å². The summed E-state index contributed by atoms with van der Waals surface area (Å²) < 4.78 is 12.6. The number of carbonyl (C=O) groups excluding carboxylic acids is 3. The molecule has 1 fully saturated rings. The average molecular weight is 713 g/mol. The van der Waals surface area contributed by atoms with E-state index in [1.807, 2.05) is 33.0 Å². The van der Waals surface area contributed by atoms with Gasteiger partial charge in [-0.15, -0.1) is 0 Å². The van der Waals surface area contributed by atoms with Crippen molar-refractivity contribution in [1.82, 2.24) is 15.6 Å². The van der Waals surface area contributed by atoms with Gasteiger partial charge in [0, 0.05) is 42.3 Å². The number of Topliss-reactive ketones (excluding diaryl/α,β-unsaturated/α-hetero) is 2. The molecule has 2 aromatic rings. The highest BCUT2D eigenvalue weighted by Crippen LogP contribution is 2.59. The van der Waals surface area contributed by atoms with Crippen LogP contribution in [0.5, 0.6) is 0 Å². The van der Waals surface area contributed by atoms with E-state index in [9.17, 15) is 24.6 Å². The predicted octanol–water partition coefficient (Wildman–Crippen LogP) is 4.46. The van der Waals surface area contributed by atoms with E-state index in [1.165, 1.54) is 5.57 Å². The molecular formula is C41H52N4O7. The molecule has 6 unspecified atom stereocenters. The van der Waals surface area contributed by atoms with Gasteiger partial charge in [0.1, 0.15) is 11.9 Å². The fourth-order valence-electron chi connectivity index (χ4n) is 8.33. The number of aliphatic hydroxyl groups is 2. The number of anilines is 1. The number of aliphatic hydroxyl groups excluding tert-OH is 2. The molecule has 0 bridgehead atoms. The lowest BCUT2D eigenvalue weighted by Gasteiger charge is -2.40. The Bertz CT molecular complexity index is 1750. The first-order chi connectivity index (χ1) is 25.2. The number of benzene rings is 1. The van der Waals surface area contributed by atoms with Gasteiger partial charge in [-0.05, 0) is 100 Å². The minimum Gasteiger partial charge on any atom is -0.459 e. The van der Waals surface area contributed by atoms with E-state index in [0.29, 0.717) is 50.4 Å². The van der Waals surface area contributed by atoms with Gasteiger partial charge in [-0.2, -0.15) is 0 Å². The summed E-state index contributed by atoms with van der Waals surface area (Å²) in [4.78, 5) is 47.8. The van der Waals surface area contributed by atoms with Crippen LogP contribution >= 0.6 is 0 Å². The van der Waals surface area contributed by atoms with Crippen molar-refractivity contribution < 1.29 is 34.1 Å². The Labute approximate surface area is 306 Å².